The zero-order valence-electron chi connectivity index (χ0n) is 7.45. The van der Waals surface area contributed by atoms with Gasteiger partial charge in [-0.15, -0.1) is 11.3 Å². The van der Waals surface area contributed by atoms with Crippen LogP contribution in [0.25, 0.3) is 0 Å². The minimum absolute atomic E-state index is 0.00870. The molecule has 0 aliphatic rings. The molecule has 0 spiro atoms. The highest BCUT2D eigenvalue weighted by atomic mass is 35.5. The zero-order valence-corrected chi connectivity index (χ0v) is 9.02. The summed E-state index contributed by atoms with van der Waals surface area (Å²) in [7, 11) is 3.73. The number of hydrogen-bond acceptors (Lipinski definition) is 3. The quantitative estimate of drug-likeness (QED) is 0.571. The Kier molecular flexibility index (Phi) is 3.51. The molecule has 0 aromatic carbocycles. The maximum absolute atomic E-state index is 11.4. The van der Waals surface area contributed by atoms with Crippen LogP contribution >= 0.6 is 22.9 Å². The molecule has 13 heavy (non-hydrogen) atoms. The lowest BCUT2D eigenvalue weighted by atomic mass is 10.3. The van der Waals surface area contributed by atoms with Crippen LogP contribution < -0.4 is 0 Å². The molecule has 0 bridgehead atoms. The van der Waals surface area contributed by atoms with Gasteiger partial charge in [-0.1, -0.05) is 11.6 Å². The van der Waals surface area contributed by atoms with Crippen molar-refractivity contribution in [3.63, 3.8) is 0 Å². The topological polar surface area (TPSA) is 20.3 Å². The van der Waals surface area contributed by atoms with Gasteiger partial charge in [0, 0.05) is 26.4 Å². The fourth-order valence-electron chi connectivity index (χ4n) is 0.746. The normalized spacial score (nSPS) is 10.7. The molecule has 4 heteroatoms. The van der Waals surface area contributed by atoms with Crippen molar-refractivity contribution in [2.24, 2.45) is 0 Å². The lowest BCUT2D eigenvalue weighted by Gasteiger charge is -2.01. The second-order valence-corrected chi connectivity index (χ2v) is 4.46. The van der Waals surface area contributed by atoms with Crippen molar-refractivity contribution in [2.75, 3.05) is 14.1 Å². The third-order valence-electron chi connectivity index (χ3n) is 1.34. The van der Waals surface area contributed by atoms with Crippen molar-refractivity contribution in [3.05, 3.63) is 33.6 Å². The number of halogens is 1. The maximum atomic E-state index is 11.4. The maximum Gasteiger partial charge on any atom is 0.197 e. The summed E-state index contributed by atoms with van der Waals surface area (Å²) in [5, 5.41) is 0. The average molecular weight is 216 g/mol. The van der Waals surface area contributed by atoms with Gasteiger partial charge >= 0.3 is 0 Å². The lowest BCUT2D eigenvalue weighted by molar-refractivity contribution is 0.104. The monoisotopic (exact) mass is 215 g/mol. The molecule has 0 fully saturated rings. The van der Waals surface area contributed by atoms with E-state index in [1.54, 1.807) is 18.3 Å². The number of ketones is 1. The van der Waals surface area contributed by atoms with E-state index < -0.39 is 0 Å². The van der Waals surface area contributed by atoms with Gasteiger partial charge in [-0.2, -0.15) is 0 Å². The standard InChI is InChI=1S/C9H10ClNOS/c1-11(2)6-5-7(12)8-3-4-9(10)13-8/h3-6H,1-2H3/b6-5+. The van der Waals surface area contributed by atoms with Crippen molar-refractivity contribution >= 4 is 28.7 Å². The molecule has 1 aromatic rings. The van der Waals surface area contributed by atoms with Gasteiger partial charge in [-0.05, 0) is 12.1 Å². The summed E-state index contributed by atoms with van der Waals surface area (Å²) in [6.07, 6.45) is 3.25. The molecule has 0 aliphatic heterocycles. The number of carbonyl (C=O) groups excluding carboxylic acids is 1. The average Bonchev–Trinajstić information content (AvgIpc) is 2.47. The minimum atomic E-state index is -0.00870. The Morgan fingerprint density at radius 1 is 1.54 bits per heavy atom. The van der Waals surface area contributed by atoms with Crippen molar-refractivity contribution in [2.45, 2.75) is 0 Å². The number of carbonyl (C=O) groups is 1. The third-order valence-corrected chi connectivity index (χ3v) is 2.59. The van der Waals surface area contributed by atoms with E-state index in [1.807, 2.05) is 19.0 Å². The highest BCUT2D eigenvalue weighted by molar-refractivity contribution is 7.18. The molecule has 2 nitrogen and oxygen atoms in total. The highest BCUT2D eigenvalue weighted by Crippen LogP contribution is 2.21. The first kappa shape index (κ1) is 10.3. The number of rotatable bonds is 3. The molecule has 0 unspecified atom stereocenters. The Morgan fingerprint density at radius 3 is 2.69 bits per heavy atom. The van der Waals surface area contributed by atoms with E-state index in [2.05, 4.69) is 0 Å². The Morgan fingerprint density at radius 2 is 2.23 bits per heavy atom. The third kappa shape index (κ3) is 3.20. The van der Waals surface area contributed by atoms with Crippen molar-refractivity contribution in [1.82, 2.24) is 4.90 Å². The van der Waals surface area contributed by atoms with Crippen LogP contribution in [0.3, 0.4) is 0 Å². The number of nitrogens with zero attached hydrogens (tertiary/aromatic N) is 1. The second-order valence-electron chi connectivity index (χ2n) is 2.75. The van der Waals surface area contributed by atoms with Gasteiger partial charge in [-0.3, -0.25) is 4.79 Å². The molecule has 0 saturated carbocycles. The minimum Gasteiger partial charge on any atom is -0.383 e. The number of thiophene rings is 1. The van der Waals surface area contributed by atoms with Gasteiger partial charge in [0.25, 0.3) is 0 Å². The fourth-order valence-corrected chi connectivity index (χ4v) is 1.71. The first-order valence-electron chi connectivity index (χ1n) is 3.74. The van der Waals surface area contributed by atoms with E-state index >= 15 is 0 Å². The Bertz CT molecular complexity index is 330. The Balaban J connectivity index is 2.69. The van der Waals surface area contributed by atoms with Crippen molar-refractivity contribution < 1.29 is 4.79 Å². The van der Waals surface area contributed by atoms with Crippen molar-refractivity contribution in [3.8, 4) is 0 Å². The second kappa shape index (κ2) is 4.44. The summed E-state index contributed by atoms with van der Waals surface area (Å²) < 4.78 is 0.640. The molecule has 0 aliphatic carbocycles. The molecule has 0 radical (unpaired) electrons. The molecule has 1 heterocycles. The van der Waals surface area contributed by atoms with Crippen LogP contribution in [0.2, 0.25) is 4.34 Å². The van der Waals surface area contributed by atoms with Gasteiger partial charge in [0.15, 0.2) is 5.78 Å². The number of hydrogen-bond donors (Lipinski definition) is 0. The molecule has 0 amide bonds. The summed E-state index contributed by atoms with van der Waals surface area (Å²) in [6.45, 7) is 0. The SMILES string of the molecule is CN(C)/C=C/C(=O)c1ccc(Cl)s1. The van der Waals surface area contributed by atoms with Gasteiger partial charge in [0.05, 0.1) is 9.21 Å². The van der Waals surface area contributed by atoms with Crippen molar-refractivity contribution in [1.29, 1.82) is 0 Å². The number of allylic oxidation sites excluding steroid dienone is 1. The summed E-state index contributed by atoms with van der Waals surface area (Å²) in [5.74, 6) is -0.00870. The predicted octanol–water partition coefficient (Wildman–Crippen LogP) is 2.66. The molecule has 1 aromatic heterocycles. The molecule has 0 saturated heterocycles. The van der Waals surface area contributed by atoms with Gasteiger partial charge in [0.1, 0.15) is 0 Å². The van der Waals surface area contributed by atoms with Crippen LogP contribution in [0.15, 0.2) is 24.4 Å². The van der Waals surface area contributed by atoms with E-state index in [1.165, 1.54) is 17.4 Å². The molecular weight excluding hydrogens is 206 g/mol. The smallest absolute Gasteiger partial charge is 0.197 e. The van der Waals surface area contributed by atoms with Gasteiger partial charge in [0.2, 0.25) is 0 Å². The summed E-state index contributed by atoms with van der Waals surface area (Å²) in [4.78, 5) is 13.9. The summed E-state index contributed by atoms with van der Waals surface area (Å²) in [5.41, 5.74) is 0. The summed E-state index contributed by atoms with van der Waals surface area (Å²) >= 11 is 6.99. The van der Waals surface area contributed by atoms with Crippen LogP contribution in [0.1, 0.15) is 9.67 Å². The summed E-state index contributed by atoms with van der Waals surface area (Å²) in [6, 6.07) is 3.46. The molecule has 1 rings (SSSR count). The molecular formula is C9H10ClNOS. The van der Waals surface area contributed by atoms with E-state index in [-0.39, 0.29) is 5.78 Å². The molecule has 0 N–H and O–H groups in total. The van der Waals surface area contributed by atoms with Crippen LogP contribution in [0.4, 0.5) is 0 Å². The molecule has 70 valence electrons. The van der Waals surface area contributed by atoms with Crippen LogP contribution in [0.5, 0.6) is 0 Å². The lowest BCUT2D eigenvalue weighted by Crippen LogP contribution is -2.02. The highest BCUT2D eigenvalue weighted by Gasteiger charge is 2.04. The van der Waals surface area contributed by atoms with Gasteiger partial charge in [-0.25, -0.2) is 0 Å². The Labute approximate surface area is 86.4 Å². The van der Waals surface area contributed by atoms with Crippen LogP contribution in [-0.4, -0.2) is 24.8 Å². The first-order valence-corrected chi connectivity index (χ1v) is 4.93. The molecule has 0 atom stereocenters. The predicted molar refractivity (Wildman–Crippen MR) is 56.5 cm³/mol. The first-order chi connectivity index (χ1) is 6.09. The van der Waals surface area contributed by atoms with E-state index in [9.17, 15) is 4.79 Å². The van der Waals surface area contributed by atoms with E-state index in [0.29, 0.717) is 9.21 Å². The largest absolute Gasteiger partial charge is 0.383 e. The fraction of sp³-hybridized carbons (Fsp3) is 0.222. The van der Waals surface area contributed by atoms with E-state index in [4.69, 9.17) is 11.6 Å². The van der Waals surface area contributed by atoms with Crippen LogP contribution in [-0.2, 0) is 0 Å². The van der Waals surface area contributed by atoms with E-state index in [0.717, 1.165) is 0 Å². The zero-order chi connectivity index (χ0) is 9.84. The van der Waals surface area contributed by atoms with Crippen LogP contribution in [0, 0.1) is 0 Å². The van der Waals surface area contributed by atoms with Gasteiger partial charge < -0.3 is 4.90 Å². The Hall–Kier alpha value is -0.800.